The maximum atomic E-state index is 15.2. The van der Waals surface area contributed by atoms with Crippen molar-refractivity contribution < 1.29 is 32.5 Å². The van der Waals surface area contributed by atoms with Crippen LogP contribution in [-0.4, -0.2) is 59.0 Å². The third-order valence-corrected chi connectivity index (χ3v) is 6.70. The van der Waals surface area contributed by atoms with Gasteiger partial charge >= 0.3 is 6.09 Å². The number of aryl methyl sites for hydroxylation is 1. The van der Waals surface area contributed by atoms with Crippen LogP contribution in [0.5, 0.6) is 17.5 Å². The summed E-state index contributed by atoms with van der Waals surface area (Å²) in [6, 6.07) is 4.59. The van der Waals surface area contributed by atoms with Gasteiger partial charge in [0.05, 0.1) is 13.2 Å². The number of halogens is 2. The van der Waals surface area contributed by atoms with E-state index in [4.69, 9.17) is 18.9 Å². The average Bonchev–Trinajstić information content (AvgIpc) is 3.54. The van der Waals surface area contributed by atoms with Gasteiger partial charge in [-0.15, -0.1) is 0 Å². The predicted molar refractivity (Wildman–Crippen MR) is 116 cm³/mol. The summed E-state index contributed by atoms with van der Waals surface area (Å²) in [5, 5.41) is 0. The number of benzene rings is 1. The Balaban J connectivity index is 1.33. The standard InChI is InChI=1S/C24H27F2N3O5/c1-14-4-3-5-17(18(14)25)32-21-19(26)22(28-13-27-21)33-20-15-6-9-29(10-16(20)12-31-11-15)23(30)34-24(2)7-8-24/h3-5,13,15-16,20H,6-12H2,1-2H3. The zero-order chi connectivity index (χ0) is 23.9. The van der Waals surface area contributed by atoms with Crippen molar-refractivity contribution in [2.24, 2.45) is 11.8 Å². The number of carbonyl (C=O) groups excluding carboxylic acids is 1. The number of amides is 1. The fraction of sp³-hybridized carbons (Fsp3) is 0.542. The van der Waals surface area contributed by atoms with E-state index in [0.29, 0.717) is 38.3 Å². The molecule has 0 N–H and O–H groups in total. The van der Waals surface area contributed by atoms with Gasteiger partial charge in [0, 0.05) is 24.9 Å². The number of nitrogens with zero attached hydrogens (tertiary/aromatic N) is 3. The Kier molecular flexibility index (Phi) is 6.01. The van der Waals surface area contributed by atoms with Gasteiger partial charge in [-0.05, 0) is 44.7 Å². The van der Waals surface area contributed by atoms with Crippen molar-refractivity contribution in [2.45, 2.75) is 44.8 Å². The summed E-state index contributed by atoms with van der Waals surface area (Å²) < 4.78 is 52.3. The Labute approximate surface area is 196 Å². The van der Waals surface area contributed by atoms with E-state index in [1.165, 1.54) is 6.07 Å². The molecular weight excluding hydrogens is 448 g/mol. The lowest BCUT2D eigenvalue weighted by molar-refractivity contribution is -0.0662. The number of carbonyl (C=O) groups is 1. The van der Waals surface area contributed by atoms with Crippen LogP contribution in [0.1, 0.15) is 31.7 Å². The molecule has 2 bridgehead atoms. The zero-order valence-electron chi connectivity index (χ0n) is 19.1. The van der Waals surface area contributed by atoms with E-state index in [0.717, 1.165) is 19.2 Å². The van der Waals surface area contributed by atoms with Crippen LogP contribution in [-0.2, 0) is 9.47 Å². The van der Waals surface area contributed by atoms with E-state index < -0.39 is 23.6 Å². The molecule has 34 heavy (non-hydrogen) atoms. The summed E-state index contributed by atoms with van der Waals surface area (Å²) in [4.78, 5) is 22.1. The molecule has 3 atom stereocenters. The van der Waals surface area contributed by atoms with E-state index >= 15 is 4.39 Å². The molecule has 182 valence electrons. The second-order valence-corrected chi connectivity index (χ2v) is 9.48. The van der Waals surface area contributed by atoms with Gasteiger partial charge < -0.3 is 23.8 Å². The number of hydrogen-bond donors (Lipinski definition) is 0. The van der Waals surface area contributed by atoms with Crippen molar-refractivity contribution >= 4 is 6.09 Å². The third kappa shape index (κ3) is 4.64. The van der Waals surface area contributed by atoms with Gasteiger partial charge in [0.25, 0.3) is 11.8 Å². The topological polar surface area (TPSA) is 83.0 Å². The highest BCUT2D eigenvalue weighted by molar-refractivity contribution is 5.68. The average molecular weight is 475 g/mol. The predicted octanol–water partition coefficient (Wildman–Crippen LogP) is 4.26. The minimum absolute atomic E-state index is 0.0546. The first-order valence-corrected chi connectivity index (χ1v) is 11.5. The number of fused-ring (bicyclic) bond motifs is 2. The van der Waals surface area contributed by atoms with Crippen molar-refractivity contribution in [2.75, 3.05) is 26.3 Å². The second kappa shape index (κ2) is 8.98. The lowest BCUT2D eigenvalue weighted by atomic mass is 9.88. The number of hydrogen-bond acceptors (Lipinski definition) is 7. The highest BCUT2D eigenvalue weighted by Gasteiger charge is 2.45. The molecule has 2 aliphatic heterocycles. The van der Waals surface area contributed by atoms with Crippen molar-refractivity contribution in [3.05, 3.63) is 41.7 Å². The largest absolute Gasteiger partial charge is 0.471 e. The first-order valence-electron chi connectivity index (χ1n) is 11.5. The fourth-order valence-corrected chi connectivity index (χ4v) is 4.38. The van der Waals surface area contributed by atoms with Crippen LogP contribution in [0.25, 0.3) is 0 Å². The summed E-state index contributed by atoms with van der Waals surface area (Å²) in [5.74, 6) is -2.58. The highest BCUT2D eigenvalue weighted by atomic mass is 19.1. The van der Waals surface area contributed by atoms with E-state index in [2.05, 4.69) is 9.97 Å². The SMILES string of the molecule is Cc1cccc(Oc2ncnc(OC3C4CCN(C(=O)OC5(C)CC5)CC3COC4)c2F)c1F. The maximum Gasteiger partial charge on any atom is 0.410 e. The normalized spacial score (nSPS) is 25.3. The number of ether oxygens (including phenoxy) is 4. The molecule has 5 rings (SSSR count). The Bertz CT molecular complexity index is 1080. The molecule has 3 fully saturated rings. The first kappa shape index (κ1) is 22.8. The molecule has 1 saturated carbocycles. The second-order valence-electron chi connectivity index (χ2n) is 9.48. The van der Waals surface area contributed by atoms with Crippen LogP contribution in [0.3, 0.4) is 0 Å². The van der Waals surface area contributed by atoms with E-state index in [9.17, 15) is 9.18 Å². The molecule has 1 aliphatic carbocycles. The summed E-state index contributed by atoms with van der Waals surface area (Å²) >= 11 is 0. The van der Waals surface area contributed by atoms with Gasteiger partial charge in [-0.25, -0.2) is 9.18 Å². The molecule has 10 heteroatoms. The van der Waals surface area contributed by atoms with Crippen LogP contribution in [0.4, 0.5) is 13.6 Å². The molecule has 1 amide bonds. The van der Waals surface area contributed by atoms with Gasteiger partial charge in [0.15, 0.2) is 11.6 Å². The van der Waals surface area contributed by atoms with Crippen LogP contribution < -0.4 is 9.47 Å². The Hall–Kier alpha value is -3.01. The summed E-state index contributed by atoms with van der Waals surface area (Å²) in [5.41, 5.74) is 0.00996. The van der Waals surface area contributed by atoms with Crippen LogP contribution in [0.15, 0.2) is 24.5 Å². The first-order chi connectivity index (χ1) is 16.3. The molecule has 0 spiro atoms. The van der Waals surface area contributed by atoms with Crippen molar-refractivity contribution in [3.8, 4) is 17.5 Å². The molecule has 1 aromatic carbocycles. The molecule has 2 saturated heterocycles. The lowest BCUT2D eigenvalue weighted by Gasteiger charge is -2.36. The Morgan fingerprint density at radius 2 is 1.91 bits per heavy atom. The van der Waals surface area contributed by atoms with Crippen LogP contribution >= 0.6 is 0 Å². The van der Waals surface area contributed by atoms with Gasteiger partial charge in [-0.1, -0.05) is 12.1 Å². The molecular formula is C24H27F2N3O5. The summed E-state index contributed by atoms with van der Waals surface area (Å²) in [6.07, 6.45) is 2.72. The van der Waals surface area contributed by atoms with Gasteiger partial charge in [0.1, 0.15) is 18.0 Å². The molecule has 3 heterocycles. The molecule has 8 nitrogen and oxygen atoms in total. The quantitative estimate of drug-likeness (QED) is 0.639. The third-order valence-electron chi connectivity index (χ3n) is 6.70. The zero-order valence-corrected chi connectivity index (χ0v) is 19.1. The molecule has 3 unspecified atom stereocenters. The minimum Gasteiger partial charge on any atom is -0.471 e. The Morgan fingerprint density at radius 3 is 2.71 bits per heavy atom. The van der Waals surface area contributed by atoms with Gasteiger partial charge in [-0.2, -0.15) is 14.4 Å². The van der Waals surface area contributed by atoms with Crippen molar-refractivity contribution in [3.63, 3.8) is 0 Å². The van der Waals surface area contributed by atoms with Crippen LogP contribution in [0, 0.1) is 30.4 Å². The van der Waals surface area contributed by atoms with Gasteiger partial charge in [0.2, 0.25) is 5.82 Å². The number of likely N-dealkylation sites (tertiary alicyclic amines) is 1. The highest BCUT2D eigenvalue weighted by Crippen LogP contribution is 2.40. The Morgan fingerprint density at radius 1 is 1.15 bits per heavy atom. The smallest absolute Gasteiger partial charge is 0.410 e. The molecule has 0 radical (unpaired) electrons. The number of aromatic nitrogens is 2. The lowest BCUT2D eigenvalue weighted by Crippen LogP contribution is -2.46. The van der Waals surface area contributed by atoms with Gasteiger partial charge in [-0.3, -0.25) is 0 Å². The van der Waals surface area contributed by atoms with E-state index in [1.807, 2.05) is 6.92 Å². The van der Waals surface area contributed by atoms with Crippen molar-refractivity contribution in [1.29, 1.82) is 0 Å². The van der Waals surface area contributed by atoms with E-state index in [1.54, 1.807) is 24.0 Å². The minimum atomic E-state index is -0.912. The summed E-state index contributed by atoms with van der Waals surface area (Å²) in [6.45, 7) is 5.20. The van der Waals surface area contributed by atoms with E-state index in [-0.39, 0.29) is 35.2 Å². The van der Waals surface area contributed by atoms with Crippen LogP contribution in [0.2, 0.25) is 0 Å². The van der Waals surface area contributed by atoms with Crippen molar-refractivity contribution in [1.82, 2.24) is 14.9 Å². The summed E-state index contributed by atoms with van der Waals surface area (Å²) in [7, 11) is 0. The molecule has 2 aromatic rings. The maximum absolute atomic E-state index is 15.2. The fourth-order valence-electron chi connectivity index (χ4n) is 4.38. The number of rotatable bonds is 5. The molecule has 3 aliphatic rings. The monoisotopic (exact) mass is 475 g/mol. The molecule has 1 aromatic heterocycles.